The summed E-state index contributed by atoms with van der Waals surface area (Å²) in [7, 11) is 0. The number of carbonyl (C=O) groups excluding carboxylic acids is 1. The molecule has 0 saturated heterocycles. The Labute approximate surface area is 99.1 Å². The first-order valence-corrected chi connectivity index (χ1v) is 4.40. The number of benzene rings is 1. The van der Waals surface area contributed by atoms with E-state index in [2.05, 4.69) is 5.32 Å². The Morgan fingerprint density at radius 1 is 1.31 bits per heavy atom. The van der Waals surface area contributed by atoms with Crippen molar-refractivity contribution in [3.63, 3.8) is 0 Å². The second kappa shape index (κ2) is 5.97. The summed E-state index contributed by atoms with van der Waals surface area (Å²) in [5, 5.41) is 11.5. The number of primary amides is 1. The number of carboxylic acid groups (broad SMARTS) is 1. The first kappa shape index (κ1) is 14.2. The van der Waals surface area contributed by atoms with Crippen LogP contribution in [0.4, 0.5) is 5.69 Å². The van der Waals surface area contributed by atoms with Crippen LogP contribution in [-0.4, -0.2) is 23.0 Å². The van der Waals surface area contributed by atoms with E-state index >= 15 is 0 Å². The molecule has 0 aliphatic rings. The number of carbonyl (C=O) groups is 2. The fourth-order valence-corrected chi connectivity index (χ4v) is 1.03. The highest BCUT2D eigenvalue weighted by molar-refractivity contribution is 5.88. The van der Waals surface area contributed by atoms with Crippen molar-refractivity contribution in [3.05, 3.63) is 29.8 Å². The molecule has 0 radical (unpaired) electrons. The predicted molar refractivity (Wildman–Crippen MR) is 62.9 cm³/mol. The van der Waals surface area contributed by atoms with Crippen LogP contribution in [-0.2, 0) is 4.79 Å². The van der Waals surface area contributed by atoms with Gasteiger partial charge >= 0.3 is 5.97 Å². The number of anilines is 1. The molecule has 0 fully saturated rings. The van der Waals surface area contributed by atoms with Gasteiger partial charge in [0.15, 0.2) is 0 Å². The number of hydrogen-bond donors (Lipinski definition) is 3. The summed E-state index contributed by atoms with van der Waals surface area (Å²) >= 11 is 0. The van der Waals surface area contributed by atoms with Crippen LogP contribution in [0.3, 0.4) is 0 Å². The second-order valence-corrected chi connectivity index (χ2v) is 3.15. The molecule has 1 atom stereocenters. The third-order valence-corrected chi connectivity index (χ3v) is 1.94. The third-order valence-electron chi connectivity index (χ3n) is 1.94. The lowest BCUT2D eigenvalue weighted by molar-refractivity contribution is -0.118. The lowest BCUT2D eigenvalue weighted by Crippen LogP contribution is -2.32. The molecule has 0 aromatic heterocycles. The van der Waals surface area contributed by atoms with Gasteiger partial charge in [0.2, 0.25) is 5.91 Å². The van der Waals surface area contributed by atoms with Crippen molar-refractivity contribution in [2.75, 3.05) is 5.32 Å². The van der Waals surface area contributed by atoms with Gasteiger partial charge in [-0.25, -0.2) is 4.79 Å². The molecule has 4 N–H and O–H groups in total. The molecule has 0 saturated carbocycles. The van der Waals surface area contributed by atoms with Crippen LogP contribution in [0.1, 0.15) is 17.3 Å². The SMILES string of the molecule is CC(Nc1ccc(C(=O)O)cc1)C(N)=O.Cl. The van der Waals surface area contributed by atoms with Crippen LogP contribution in [0, 0.1) is 0 Å². The molecular weight excluding hydrogens is 232 g/mol. The lowest BCUT2D eigenvalue weighted by Gasteiger charge is -2.11. The summed E-state index contributed by atoms with van der Waals surface area (Å²) in [6.07, 6.45) is 0. The number of rotatable bonds is 4. The topological polar surface area (TPSA) is 92.4 Å². The maximum absolute atomic E-state index is 10.7. The van der Waals surface area contributed by atoms with E-state index in [0.717, 1.165) is 0 Å². The lowest BCUT2D eigenvalue weighted by atomic mass is 10.2. The number of nitrogens with two attached hydrogens (primary N) is 1. The molecular formula is C10H13ClN2O3. The maximum atomic E-state index is 10.7. The Morgan fingerprint density at radius 2 is 1.81 bits per heavy atom. The largest absolute Gasteiger partial charge is 0.478 e. The predicted octanol–water partition coefficient (Wildman–Crippen LogP) is 1.09. The van der Waals surface area contributed by atoms with Crippen molar-refractivity contribution in [2.24, 2.45) is 5.73 Å². The molecule has 1 aromatic carbocycles. The minimum atomic E-state index is -0.982. The number of nitrogens with one attached hydrogen (secondary N) is 1. The number of aromatic carboxylic acids is 1. The van der Waals surface area contributed by atoms with E-state index in [4.69, 9.17) is 10.8 Å². The zero-order valence-electron chi connectivity index (χ0n) is 8.64. The molecule has 0 aliphatic heterocycles. The highest BCUT2D eigenvalue weighted by Crippen LogP contribution is 2.10. The van der Waals surface area contributed by atoms with Crippen LogP contribution in [0.15, 0.2) is 24.3 Å². The van der Waals surface area contributed by atoms with E-state index in [-0.39, 0.29) is 18.0 Å². The summed E-state index contributed by atoms with van der Waals surface area (Å²) < 4.78 is 0. The van der Waals surface area contributed by atoms with Gasteiger partial charge < -0.3 is 16.2 Å². The van der Waals surface area contributed by atoms with Gasteiger partial charge in [0.1, 0.15) is 6.04 Å². The number of halogens is 1. The first-order chi connectivity index (χ1) is 7.00. The Bertz CT molecular complexity index is 378. The van der Waals surface area contributed by atoms with E-state index in [9.17, 15) is 9.59 Å². The van der Waals surface area contributed by atoms with Crippen molar-refractivity contribution in [3.8, 4) is 0 Å². The monoisotopic (exact) mass is 244 g/mol. The first-order valence-electron chi connectivity index (χ1n) is 4.40. The van der Waals surface area contributed by atoms with Crippen molar-refractivity contribution >= 4 is 30.0 Å². The van der Waals surface area contributed by atoms with Crippen LogP contribution >= 0.6 is 12.4 Å². The third kappa shape index (κ3) is 3.78. The van der Waals surface area contributed by atoms with E-state index in [1.807, 2.05) is 0 Å². The highest BCUT2D eigenvalue weighted by atomic mass is 35.5. The minimum Gasteiger partial charge on any atom is -0.478 e. The zero-order valence-corrected chi connectivity index (χ0v) is 9.45. The molecule has 0 heterocycles. The average molecular weight is 245 g/mol. The van der Waals surface area contributed by atoms with E-state index in [0.29, 0.717) is 5.69 Å². The maximum Gasteiger partial charge on any atom is 0.335 e. The van der Waals surface area contributed by atoms with Gasteiger partial charge in [-0.15, -0.1) is 12.4 Å². The molecule has 5 nitrogen and oxygen atoms in total. The molecule has 16 heavy (non-hydrogen) atoms. The van der Waals surface area contributed by atoms with Crippen molar-refractivity contribution < 1.29 is 14.7 Å². The summed E-state index contributed by atoms with van der Waals surface area (Å²) in [6.45, 7) is 1.63. The van der Waals surface area contributed by atoms with E-state index in [1.165, 1.54) is 12.1 Å². The van der Waals surface area contributed by atoms with Gasteiger partial charge in [-0.1, -0.05) is 0 Å². The summed E-state index contributed by atoms with van der Waals surface area (Å²) in [6, 6.07) is 5.60. The molecule has 6 heteroatoms. The van der Waals surface area contributed by atoms with Crippen LogP contribution in [0.25, 0.3) is 0 Å². The molecule has 1 unspecified atom stereocenters. The van der Waals surface area contributed by atoms with Gasteiger partial charge in [-0.05, 0) is 31.2 Å². The Balaban J connectivity index is 0.00000225. The quantitative estimate of drug-likeness (QED) is 0.739. The van der Waals surface area contributed by atoms with Gasteiger partial charge in [0.25, 0.3) is 0 Å². The molecule has 0 spiro atoms. The standard InChI is InChI=1S/C10H12N2O3.ClH/c1-6(9(11)13)12-8-4-2-7(3-5-8)10(14)15;/h2-6,12H,1H3,(H2,11,13)(H,14,15);1H. The molecule has 1 aromatic rings. The summed E-state index contributed by atoms with van der Waals surface area (Å²) in [5.41, 5.74) is 5.93. The minimum absolute atomic E-state index is 0. The van der Waals surface area contributed by atoms with Crippen molar-refractivity contribution in [1.82, 2.24) is 0 Å². The van der Waals surface area contributed by atoms with Crippen LogP contribution in [0.2, 0.25) is 0 Å². The number of amides is 1. The van der Waals surface area contributed by atoms with Crippen LogP contribution in [0.5, 0.6) is 0 Å². The number of carboxylic acids is 1. The summed E-state index contributed by atoms with van der Waals surface area (Å²) in [5.74, 6) is -1.44. The van der Waals surface area contributed by atoms with Crippen molar-refractivity contribution in [1.29, 1.82) is 0 Å². The van der Waals surface area contributed by atoms with Crippen LogP contribution < -0.4 is 11.1 Å². The van der Waals surface area contributed by atoms with E-state index in [1.54, 1.807) is 19.1 Å². The fraction of sp³-hybridized carbons (Fsp3) is 0.200. The number of hydrogen-bond acceptors (Lipinski definition) is 3. The Morgan fingerprint density at radius 3 is 2.19 bits per heavy atom. The normalized spacial score (nSPS) is 11.1. The fourth-order valence-electron chi connectivity index (χ4n) is 1.03. The van der Waals surface area contributed by atoms with Gasteiger partial charge in [-0.2, -0.15) is 0 Å². The Kier molecular flexibility index (Phi) is 5.32. The highest BCUT2D eigenvalue weighted by Gasteiger charge is 2.08. The zero-order chi connectivity index (χ0) is 11.4. The van der Waals surface area contributed by atoms with E-state index < -0.39 is 17.9 Å². The molecule has 88 valence electrons. The van der Waals surface area contributed by atoms with Crippen molar-refractivity contribution in [2.45, 2.75) is 13.0 Å². The van der Waals surface area contributed by atoms with Gasteiger partial charge in [0, 0.05) is 5.69 Å². The van der Waals surface area contributed by atoms with Gasteiger partial charge in [-0.3, -0.25) is 4.79 Å². The van der Waals surface area contributed by atoms with Gasteiger partial charge in [0.05, 0.1) is 5.56 Å². The smallest absolute Gasteiger partial charge is 0.335 e. The second-order valence-electron chi connectivity index (χ2n) is 3.15. The average Bonchev–Trinajstić information content (AvgIpc) is 2.18. The molecule has 0 aliphatic carbocycles. The molecule has 1 amide bonds. The molecule has 1 rings (SSSR count). The Hall–Kier alpha value is -1.75. The molecule has 0 bridgehead atoms. The summed E-state index contributed by atoms with van der Waals surface area (Å²) in [4.78, 5) is 21.3.